The van der Waals surface area contributed by atoms with Gasteiger partial charge in [-0.25, -0.2) is 5.01 Å². The van der Waals surface area contributed by atoms with Crippen LogP contribution in [0.5, 0.6) is 0 Å². The highest BCUT2D eigenvalue weighted by Crippen LogP contribution is 2.31. The quantitative estimate of drug-likeness (QED) is 0.635. The van der Waals surface area contributed by atoms with Crippen molar-refractivity contribution in [1.29, 1.82) is 0 Å². The van der Waals surface area contributed by atoms with Crippen molar-refractivity contribution < 1.29 is 0 Å². The van der Waals surface area contributed by atoms with Gasteiger partial charge in [-0.05, 0) is 12.1 Å². The van der Waals surface area contributed by atoms with E-state index < -0.39 is 0 Å². The summed E-state index contributed by atoms with van der Waals surface area (Å²) in [6.45, 7) is 0. The lowest BCUT2D eigenvalue weighted by atomic mass is 10.1. The van der Waals surface area contributed by atoms with Crippen LogP contribution in [0.3, 0.4) is 0 Å². The van der Waals surface area contributed by atoms with E-state index in [2.05, 4.69) is 35.6 Å². The number of hydrazone groups is 1. The van der Waals surface area contributed by atoms with Crippen LogP contribution >= 0.6 is 0 Å². The fourth-order valence-corrected chi connectivity index (χ4v) is 1.81. The topological polar surface area (TPSA) is 18.8 Å². The molecule has 74 valence electrons. The Balaban J connectivity index is 2.14. The molecule has 0 radical (unpaired) electrons. The van der Waals surface area contributed by atoms with Crippen LogP contribution in [0.15, 0.2) is 47.3 Å². The summed E-state index contributed by atoms with van der Waals surface area (Å²) in [5.41, 5.74) is 3.44. The van der Waals surface area contributed by atoms with Gasteiger partial charge in [0.05, 0.1) is 11.4 Å². The minimum Gasteiger partial charge on any atom is -0.338 e. The highest BCUT2D eigenvalue weighted by molar-refractivity contribution is 5.78. The Hall–Kier alpha value is -2.03. The Kier molecular flexibility index (Phi) is 1.65. The summed E-state index contributed by atoms with van der Waals surface area (Å²) in [7, 11) is 1.97. The van der Waals surface area contributed by atoms with Gasteiger partial charge in [-0.1, -0.05) is 24.3 Å². The molecular weight excluding hydrogens is 186 g/mol. The molecule has 2 aliphatic rings. The molecule has 3 heteroatoms. The zero-order valence-electron chi connectivity index (χ0n) is 8.46. The second-order valence-electron chi connectivity index (χ2n) is 3.65. The van der Waals surface area contributed by atoms with Gasteiger partial charge in [-0.15, -0.1) is 0 Å². The van der Waals surface area contributed by atoms with Crippen molar-refractivity contribution in [3.8, 4) is 0 Å². The van der Waals surface area contributed by atoms with Crippen LogP contribution < -0.4 is 5.01 Å². The SMILES string of the molecule is CN1C=NN2C(=C1)C=Cc1ccccc12. The molecule has 0 N–H and O–H groups in total. The van der Waals surface area contributed by atoms with E-state index in [0.717, 1.165) is 11.4 Å². The molecule has 0 atom stereocenters. The Morgan fingerprint density at radius 2 is 2.00 bits per heavy atom. The molecule has 3 nitrogen and oxygen atoms in total. The molecule has 0 fully saturated rings. The van der Waals surface area contributed by atoms with E-state index >= 15 is 0 Å². The first-order chi connectivity index (χ1) is 7.34. The third-order valence-corrected chi connectivity index (χ3v) is 2.53. The first-order valence-corrected chi connectivity index (χ1v) is 4.90. The summed E-state index contributed by atoms with van der Waals surface area (Å²) in [6.07, 6.45) is 8.06. The van der Waals surface area contributed by atoms with Crippen molar-refractivity contribution in [3.63, 3.8) is 0 Å². The fraction of sp³-hybridized carbons (Fsp3) is 0.0833. The Morgan fingerprint density at radius 3 is 2.93 bits per heavy atom. The zero-order valence-corrected chi connectivity index (χ0v) is 8.46. The molecule has 0 saturated carbocycles. The van der Waals surface area contributed by atoms with Gasteiger partial charge in [0, 0.05) is 18.8 Å². The molecule has 1 aromatic rings. The van der Waals surface area contributed by atoms with Crippen molar-refractivity contribution >= 4 is 18.1 Å². The minimum atomic E-state index is 1.10. The smallest absolute Gasteiger partial charge is 0.116 e. The number of hydrogen-bond acceptors (Lipinski definition) is 3. The third-order valence-electron chi connectivity index (χ3n) is 2.53. The molecule has 2 aliphatic heterocycles. The number of nitrogens with zero attached hydrogens (tertiary/aromatic N) is 3. The predicted octanol–water partition coefficient (Wildman–Crippen LogP) is 2.25. The lowest BCUT2D eigenvalue weighted by Gasteiger charge is -2.29. The maximum atomic E-state index is 4.39. The van der Waals surface area contributed by atoms with Crippen molar-refractivity contribution in [2.24, 2.45) is 5.10 Å². The van der Waals surface area contributed by atoms with E-state index in [4.69, 9.17) is 0 Å². The van der Waals surface area contributed by atoms with Crippen LogP contribution in [-0.4, -0.2) is 18.3 Å². The molecule has 0 aromatic heterocycles. The van der Waals surface area contributed by atoms with Gasteiger partial charge >= 0.3 is 0 Å². The van der Waals surface area contributed by atoms with Gasteiger partial charge < -0.3 is 4.90 Å². The number of para-hydroxylation sites is 1. The van der Waals surface area contributed by atoms with Crippen LogP contribution in [0.25, 0.3) is 6.08 Å². The molecule has 3 rings (SSSR count). The molecule has 0 saturated heterocycles. The predicted molar refractivity (Wildman–Crippen MR) is 62.3 cm³/mol. The Labute approximate surface area is 88.6 Å². The summed E-state index contributed by atoms with van der Waals surface area (Å²) in [5.74, 6) is 0. The standard InChI is InChI=1S/C12H11N3/c1-14-8-11-7-6-10-4-2-3-5-12(10)15(11)13-9-14/h2-9H,1H3. The van der Waals surface area contributed by atoms with Crippen LogP contribution in [0.4, 0.5) is 5.69 Å². The number of fused-ring (bicyclic) bond motifs is 3. The van der Waals surface area contributed by atoms with E-state index in [9.17, 15) is 0 Å². The second-order valence-corrected chi connectivity index (χ2v) is 3.65. The van der Waals surface area contributed by atoms with E-state index in [1.807, 2.05) is 29.1 Å². The molecule has 0 aliphatic carbocycles. The Morgan fingerprint density at radius 1 is 1.13 bits per heavy atom. The summed E-state index contributed by atoms with van der Waals surface area (Å²) < 4.78 is 0. The monoisotopic (exact) mass is 197 g/mol. The fourth-order valence-electron chi connectivity index (χ4n) is 1.81. The van der Waals surface area contributed by atoms with Crippen molar-refractivity contribution in [2.45, 2.75) is 0 Å². The summed E-state index contributed by atoms with van der Waals surface area (Å²) in [5, 5.41) is 6.34. The zero-order chi connectivity index (χ0) is 10.3. The lowest BCUT2D eigenvalue weighted by molar-refractivity contribution is 0.674. The Bertz CT molecular complexity index is 485. The summed E-state index contributed by atoms with van der Waals surface area (Å²) in [6, 6.07) is 8.24. The van der Waals surface area contributed by atoms with Gasteiger partial charge in [0.1, 0.15) is 6.34 Å². The number of allylic oxidation sites excluding steroid dienone is 1. The molecular formula is C12H11N3. The van der Waals surface area contributed by atoms with Gasteiger partial charge in [0.15, 0.2) is 0 Å². The van der Waals surface area contributed by atoms with E-state index in [1.54, 1.807) is 6.34 Å². The van der Waals surface area contributed by atoms with E-state index in [-0.39, 0.29) is 0 Å². The lowest BCUT2D eigenvalue weighted by Crippen LogP contribution is -2.26. The van der Waals surface area contributed by atoms with Crippen LogP contribution in [0.2, 0.25) is 0 Å². The number of rotatable bonds is 0. The largest absolute Gasteiger partial charge is 0.338 e. The van der Waals surface area contributed by atoms with Crippen LogP contribution in [0, 0.1) is 0 Å². The average molecular weight is 197 g/mol. The van der Waals surface area contributed by atoms with Gasteiger partial charge in [0.2, 0.25) is 0 Å². The number of hydrogen-bond donors (Lipinski definition) is 0. The van der Waals surface area contributed by atoms with Crippen molar-refractivity contribution in [3.05, 3.63) is 47.8 Å². The molecule has 0 spiro atoms. The third kappa shape index (κ3) is 1.24. The molecule has 1 aromatic carbocycles. The maximum absolute atomic E-state index is 4.39. The number of anilines is 1. The summed E-state index contributed by atoms with van der Waals surface area (Å²) in [4.78, 5) is 1.95. The highest BCUT2D eigenvalue weighted by atomic mass is 15.5. The maximum Gasteiger partial charge on any atom is 0.116 e. The van der Waals surface area contributed by atoms with Crippen LogP contribution in [0.1, 0.15) is 5.56 Å². The van der Waals surface area contributed by atoms with Crippen LogP contribution in [-0.2, 0) is 0 Å². The number of benzene rings is 1. The molecule has 2 heterocycles. The average Bonchev–Trinajstić information content (AvgIpc) is 2.28. The minimum absolute atomic E-state index is 1.10. The van der Waals surface area contributed by atoms with Gasteiger partial charge in [-0.2, -0.15) is 5.10 Å². The normalized spacial score (nSPS) is 17.3. The van der Waals surface area contributed by atoms with E-state index in [1.165, 1.54) is 5.56 Å². The van der Waals surface area contributed by atoms with Gasteiger partial charge in [0.25, 0.3) is 0 Å². The van der Waals surface area contributed by atoms with Crippen molar-refractivity contribution in [1.82, 2.24) is 4.90 Å². The highest BCUT2D eigenvalue weighted by Gasteiger charge is 2.18. The second kappa shape index (κ2) is 2.98. The van der Waals surface area contributed by atoms with Gasteiger partial charge in [-0.3, -0.25) is 0 Å². The first kappa shape index (κ1) is 8.29. The summed E-state index contributed by atoms with van der Waals surface area (Å²) >= 11 is 0. The van der Waals surface area contributed by atoms with E-state index in [0.29, 0.717) is 0 Å². The first-order valence-electron chi connectivity index (χ1n) is 4.90. The molecule has 15 heavy (non-hydrogen) atoms. The molecule has 0 unspecified atom stereocenters. The molecule has 0 bridgehead atoms. The van der Waals surface area contributed by atoms with Crippen molar-refractivity contribution in [2.75, 3.05) is 12.1 Å². The molecule has 0 amide bonds.